The van der Waals surface area contributed by atoms with Gasteiger partial charge < -0.3 is 10.2 Å². The Morgan fingerprint density at radius 1 is 0.585 bits per heavy atom. The van der Waals surface area contributed by atoms with Crippen molar-refractivity contribution in [3.8, 4) is 22.3 Å². The van der Waals surface area contributed by atoms with Gasteiger partial charge in [-0.15, -0.1) is 0 Å². The third-order valence-electron chi connectivity index (χ3n) is 14.9. The Morgan fingerprint density at radius 3 is 1.97 bits per heavy atom. The number of hydrogen-bond donors (Lipinski definition) is 1. The molecule has 0 spiro atoms. The van der Waals surface area contributed by atoms with E-state index in [0.717, 1.165) is 25.7 Å². The van der Waals surface area contributed by atoms with E-state index in [1.165, 1.54) is 115 Å². The molecule has 310 valence electrons. The predicted octanol–water partition coefficient (Wildman–Crippen LogP) is 13.2. The highest BCUT2D eigenvalue weighted by atomic mass is 28.3. The van der Waals surface area contributed by atoms with Crippen LogP contribution in [0.4, 0.5) is 5.69 Å². The molecule has 1 N–H and O–H groups in total. The SMILES string of the molecule is CCC1=CC2=C(CC1)N(c1ccc(-c3c4ccccc4c([Si]4(c5ccccc5)C5=CC(=C6Cc7c(cccc74)-c4ccccc46)C=CC=C5)c4ccccc34)cc1)C(c1ccccc1)N2. The molecule has 0 amide bonds. The largest absolute Gasteiger partial charge is 0.360 e. The molecule has 0 saturated carbocycles. The van der Waals surface area contributed by atoms with Gasteiger partial charge in [-0.25, -0.2) is 0 Å². The first kappa shape index (κ1) is 38.0. The van der Waals surface area contributed by atoms with Crippen molar-refractivity contribution < 1.29 is 0 Å². The molecule has 0 radical (unpaired) electrons. The van der Waals surface area contributed by atoms with Crippen LogP contribution in [0.25, 0.3) is 49.4 Å². The lowest BCUT2D eigenvalue weighted by molar-refractivity contribution is 0.647. The van der Waals surface area contributed by atoms with E-state index in [1.807, 2.05) is 0 Å². The zero-order valence-electron chi connectivity index (χ0n) is 36.6. The summed E-state index contributed by atoms with van der Waals surface area (Å²) in [4.78, 5) is 2.55. The standard InChI is InChI=1S/C62H48N2Si/c1-2-41-32-37-58-57(38-41)63-62(43-18-5-3-6-19-43)64(58)45-35-33-42(34-36-45)60-51-26-13-15-28-53(51)61(54-29-16-14-27-52(54)60)65(46-21-7-4-8-22-46)47-23-10-9-20-44(39-47)55-40-56-50(30-17-31-59(56)65)48-24-11-12-25-49(48)55/h3-31,33-36,38-39,62-63H,2,32,37,40H2,1H3. The second-order valence-electron chi connectivity index (χ2n) is 18.2. The second kappa shape index (κ2) is 15.1. The maximum atomic E-state index is 3.94. The summed E-state index contributed by atoms with van der Waals surface area (Å²) < 4.78 is 0. The first-order valence-corrected chi connectivity index (χ1v) is 25.4. The highest BCUT2D eigenvalue weighted by molar-refractivity contribution is 7.18. The van der Waals surface area contributed by atoms with Crippen molar-refractivity contribution in [1.29, 1.82) is 0 Å². The molecule has 13 rings (SSSR count). The monoisotopic (exact) mass is 848 g/mol. The van der Waals surface area contributed by atoms with Gasteiger partial charge in [-0.1, -0.05) is 207 Å². The van der Waals surface area contributed by atoms with Gasteiger partial charge in [-0.05, 0) is 136 Å². The van der Waals surface area contributed by atoms with E-state index in [1.54, 1.807) is 0 Å². The van der Waals surface area contributed by atoms with Gasteiger partial charge in [0.1, 0.15) is 6.17 Å². The summed E-state index contributed by atoms with van der Waals surface area (Å²) in [6, 6.07) is 66.9. The molecule has 2 aliphatic heterocycles. The fraction of sp³-hybridized carbons (Fsp3) is 0.0968. The Kier molecular flexibility index (Phi) is 8.82. The van der Waals surface area contributed by atoms with Crippen LogP contribution in [0.1, 0.15) is 49.0 Å². The van der Waals surface area contributed by atoms with Crippen molar-refractivity contribution in [2.75, 3.05) is 4.90 Å². The fourth-order valence-corrected chi connectivity index (χ4v) is 17.6. The van der Waals surface area contributed by atoms with Gasteiger partial charge in [0.05, 0.1) is 5.70 Å². The molecule has 3 aliphatic carbocycles. The number of nitrogens with one attached hydrogen (secondary N) is 1. The molecular weight excluding hydrogens is 801 g/mol. The first-order chi connectivity index (χ1) is 32.2. The van der Waals surface area contributed by atoms with Crippen molar-refractivity contribution in [2.45, 2.75) is 38.8 Å². The topological polar surface area (TPSA) is 15.3 Å². The Morgan fingerprint density at radius 2 is 1.23 bits per heavy atom. The summed E-state index contributed by atoms with van der Waals surface area (Å²) in [5, 5.41) is 15.0. The van der Waals surface area contributed by atoms with Crippen LogP contribution in [0.3, 0.4) is 0 Å². The van der Waals surface area contributed by atoms with Gasteiger partial charge >= 0.3 is 0 Å². The smallest absolute Gasteiger partial charge is 0.181 e. The van der Waals surface area contributed by atoms with Gasteiger partial charge in [-0.2, -0.15) is 0 Å². The van der Waals surface area contributed by atoms with E-state index in [2.05, 4.69) is 230 Å². The minimum absolute atomic E-state index is 0.0366. The Bertz CT molecular complexity index is 3400. The zero-order chi connectivity index (χ0) is 43.1. The van der Waals surface area contributed by atoms with Crippen LogP contribution in [-0.4, -0.2) is 8.07 Å². The number of fused-ring (bicyclic) bond motifs is 7. The lowest BCUT2D eigenvalue weighted by atomic mass is 9.80. The van der Waals surface area contributed by atoms with E-state index in [4.69, 9.17) is 0 Å². The van der Waals surface area contributed by atoms with Gasteiger partial charge in [0.15, 0.2) is 8.07 Å². The number of anilines is 1. The number of benzene rings is 8. The van der Waals surface area contributed by atoms with Gasteiger partial charge in [0.25, 0.3) is 0 Å². The third-order valence-corrected chi connectivity index (χ3v) is 19.9. The van der Waals surface area contributed by atoms with Crippen LogP contribution in [0.2, 0.25) is 0 Å². The van der Waals surface area contributed by atoms with E-state index in [-0.39, 0.29) is 6.17 Å². The lowest BCUT2D eigenvalue weighted by Gasteiger charge is -2.41. The highest BCUT2D eigenvalue weighted by Gasteiger charge is 2.48. The third kappa shape index (κ3) is 5.71. The fourth-order valence-electron chi connectivity index (χ4n) is 12.1. The molecule has 4 bridgehead atoms. The first-order valence-electron chi connectivity index (χ1n) is 23.4. The van der Waals surface area contributed by atoms with E-state index < -0.39 is 8.07 Å². The molecule has 2 unspecified atom stereocenters. The van der Waals surface area contributed by atoms with Crippen LogP contribution in [-0.2, 0) is 6.42 Å². The molecule has 65 heavy (non-hydrogen) atoms. The molecule has 0 aromatic heterocycles. The molecular formula is C62H48N2Si. The molecule has 2 atom stereocenters. The van der Waals surface area contributed by atoms with Gasteiger partial charge in [0, 0.05) is 11.4 Å². The molecule has 5 aliphatic rings. The van der Waals surface area contributed by atoms with Crippen LogP contribution < -0.4 is 25.8 Å². The molecule has 2 nitrogen and oxygen atoms in total. The average molecular weight is 849 g/mol. The summed E-state index contributed by atoms with van der Waals surface area (Å²) in [7, 11) is -3.11. The summed E-state index contributed by atoms with van der Waals surface area (Å²) in [6.07, 6.45) is 18.5. The minimum Gasteiger partial charge on any atom is -0.360 e. The van der Waals surface area contributed by atoms with Crippen molar-refractivity contribution in [3.63, 3.8) is 0 Å². The van der Waals surface area contributed by atoms with Crippen LogP contribution in [0, 0.1) is 0 Å². The summed E-state index contributed by atoms with van der Waals surface area (Å²) in [5.41, 5.74) is 17.4. The van der Waals surface area contributed by atoms with Gasteiger partial charge in [0.2, 0.25) is 0 Å². The van der Waals surface area contributed by atoms with E-state index in [9.17, 15) is 0 Å². The normalized spacial score (nSPS) is 19.3. The zero-order valence-corrected chi connectivity index (χ0v) is 37.6. The maximum Gasteiger partial charge on any atom is 0.181 e. The van der Waals surface area contributed by atoms with Crippen LogP contribution >= 0.6 is 0 Å². The number of hydrogen-bond acceptors (Lipinski definition) is 2. The number of rotatable bonds is 6. The summed E-state index contributed by atoms with van der Waals surface area (Å²) in [6.45, 7) is 2.28. The Labute approximate surface area is 382 Å². The molecule has 8 aromatic carbocycles. The molecule has 2 heterocycles. The Balaban J connectivity index is 1.07. The van der Waals surface area contributed by atoms with Crippen molar-refractivity contribution in [3.05, 3.63) is 257 Å². The van der Waals surface area contributed by atoms with E-state index >= 15 is 0 Å². The molecule has 0 saturated heterocycles. The highest BCUT2D eigenvalue weighted by Crippen LogP contribution is 2.47. The van der Waals surface area contributed by atoms with Crippen molar-refractivity contribution in [1.82, 2.24) is 5.32 Å². The molecule has 8 aromatic rings. The van der Waals surface area contributed by atoms with Crippen LogP contribution in [0.15, 0.2) is 240 Å². The number of nitrogens with zero attached hydrogens (tertiary/aromatic N) is 1. The average Bonchev–Trinajstić information content (AvgIpc) is 3.57. The van der Waals surface area contributed by atoms with Crippen molar-refractivity contribution in [2.24, 2.45) is 0 Å². The van der Waals surface area contributed by atoms with Crippen molar-refractivity contribution >= 4 is 56.4 Å². The lowest BCUT2D eigenvalue weighted by Crippen LogP contribution is -2.70. The van der Waals surface area contributed by atoms with Gasteiger partial charge in [-0.3, -0.25) is 0 Å². The summed E-state index contributed by atoms with van der Waals surface area (Å²) in [5.74, 6) is 0. The molecule has 3 heteroatoms. The summed E-state index contributed by atoms with van der Waals surface area (Å²) >= 11 is 0. The minimum atomic E-state index is -3.11. The Hall–Kier alpha value is -7.46. The maximum absolute atomic E-state index is 3.94. The molecule has 0 fully saturated rings. The second-order valence-corrected chi connectivity index (χ2v) is 21.8. The predicted molar refractivity (Wildman–Crippen MR) is 276 cm³/mol. The van der Waals surface area contributed by atoms with E-state index in [0.29, 0.717) is 0 Å². The quantitative estimate of drug-likeness (QED) is 0.132. The number of allylic oxidation sites excluding steroid dienone is 11. The van der Waals surface area contributed by atoms with Crippen LogP contribution in [0.5, 0.6) is 0 Å².